The Morgan fingerprint density at radius 3 is 2.81 bits per heavy atom. The number of imidazole rings is 1. The van der Waals surface area contributed by atoms with Crippen molar-refractivity contribution in [1.82, 2.24) is 14.5 Å². The van der Waals surface area contributed by atoms with Gasteiger partial charge >= 0.3 is 0 Å². The molecular formula is C21H21FN4O. The standard InChI is InChI=1S/C21H21FN4O/c22-18-13-17(8-9-19(18)26-12-10-23-15-26)24-21(27)20-7-4-11-25(20)14-16-5-2-1-3-6-16/h1-3,5-6,8-10,12-13,15,20H,4,7,11,14H2,(H,24,27). The van der Waals surface area contributed by atoms with Gasteiger partial charge in [-0.3, -0.25) is 9.69 Å². The van der Waals surface area contributed by atoms with E-state index in [4.69, 9.17) is 0 Å². The van der Waals surface area contributed by atoms with Gasteiger partial charge in [-0.1, -0.05) is 30.3 Å². The minimum absolute atomic E-state index is 0.0850. The van der Waals surface area contributed by atoms with Crippen molar-refractivity contribution in [1.29, 1.82) is 0 Å². The van der Waals surface area contributed by atoms with Crippen LogP contribution in [0.4, 0.5) is 10.1 Å². The molecule has 1 fully saturated rings. The van der Waals surface area contributed by atoms with Crippen LogP contribution in [0.3, 0.4) is 0 Å². The molecule has 1 aliphatic rings. The molecule has 2 heterocycles. The summed E-state index contributed by atoms with van der Waals surface area (Å²) in [5.74, 6) is -0.489. The summed E-state index contributed by atoms with van der Waals surface area (Å²) in [6.07, 6.45) is 6.61. The lowest BCUT2D eigenvalue weighted by molar-refractivity contribution is -0.120. The summed E-state index contributed by atoms with van der Waals surface area (Å²) in [7, 11) is 0. The Morgan fingerprint density at radius 1 is 1.22 bits per heavy atom. The fourth-order valence-electron chi connectivity index (χ4n) is 3.55. The Labute approximate surface area is 157 Å². The smallest absolute Gasteiger partial charge is 0.241 e. The number of carbonyl (C=O) groups excluding carboxylic acids is 1. The highest BCUT2D eigenvalue weighted by atomic mass is 19.1. The Hall–Kier alpha value is -2.99. The van der Waals surface area contributed by atoms with E-state index in [0.717, 1.165) is 25.9 Å². The van der Waals surface area contributed by atoms with Crippen molar-refractivity contribution < 1.29 is 9.18 Å². The summed E-state index contributed by atoms with van der Waals surface area (Å²) in [5, 5.41) is 2.87. The van der Waals surface area contributed by atoms with Crippen molar-refractivity contribution in [2.75, 3.05) is 11.9 Å². The highest BCUT2D eigenvalue weighted by molar-refractivity contribution is 5.95. The van der Waals surface area contributed by atoms with Crippen LogP contribution in [0.1, 0.15) is 18.4 Å². The van der Waals surface area contributed by atoms with Crippen LogP contribution >= 0.6 is 0 Å². The Balaban J connectivity index is 1.44. The number of likely N-dealkylation sites (tertiary alicyclic amines) is 1. The number of anilines is 1. The van der Waals surface area contributed by atoms with Crippen LogP contribution in [0.5, 0.6) is 0 Å². The summed E-state index contributed by atoms with van der Waals surface area (Å²) in [6, 6.07) is 14.6. The molecule has 1 N–H and O–H groups in total. The van der Waals surface area contributed by atoms with Crippen LogP contribution in [-0.2, 0) is 11.3 Å². The van der Waals surface area contributed by atoms with Gasteiger partial charge in [-0.25, -0.2) is 9.37 Å². The van der Waals surface area contributed by atoms with E-state index >= 15 is 0 Å². The van der Waals surface area contributed by atoms with Crippen LogP contribution in [0.25, 0.3) is 5.69 Å². The SMILES string of the molecule is O=C(Nc1ccc(-n2ccnc2)c(F)c1)C1CCCN1Cc1ccccc1. The maximum atomic E-state index is 14.4. The lowest BCUT2D eigenvalue weighted by Crippen LogP contribution is -2.39. The zero-order valence-electron chi connectivity index (χ0n) is 14.9. The lowest BCUT2D eigenvalue weighted by Gasteiger charge is -2.23. The molecule has 0 bridgehead atoms. The van der Waals surface area contributed by atoms with Gasteiger partial charge in [0.2, 0.25) is 5.91 Å². The zero-order chi connectivity index (χ0) is 18.6. The molecular weight excluding hydrogens is 343 g/mol. The van der Waals surface area contributed by atoms with Crippen LogP contribution in [-0.4, -0.2) is 32.9 Å². The first kappa shape index (κ1) is 17.4. The Kier molecular flexibility index (Phi) is 4.98. The monoisotopic (exact) mass is 364 g/mol. The summed E-state index contributed by atoms with van der Waals surface area (Å²) < 4.78 is 16.0. The maximum absolute atomic E-state index is 14.4. The number of carbonyl (C=O) groups is 1. The molecule has 1 unspecified atom stereocenters. The molecule has 27 heavy (non-hydrogen) atoms. The number of nitrogens with zero attached hydrogens (tertiary/aromatic N) is 3. The van der Waals surface area contributed by atoms with Crippen molar-refractivity contribution in [2.24, 2.45) is 0 Å². The third kappa shape index (κ3) is 3.90. The Morgan fingerprint density at radius 2 is 2.07 bits per heavy atom. The van der Waals surface area contributed by atoms with Crippen LogP contribution in [0.15, 0.2) is 67.3 Å². The minimum atomic E-state index is -0.404. The average Bonchev–Trinajstić information content (AvgIpc) is 3.35. The number of benzene rings is 2. The zero-order valence-corrected chi connectivity index (χ0v) is 14.9. The van der Waals surface area contributed by atoms with E-state index in [1.54, 1.807) is 29.1 Å². The molecule has 0 saturated carbocycles. The second-order valence-electron chi connectivity index (χ2n) is 6.74. The van der Waals surface area contributed by atoms with Gasteiger partial charge in [-0.15, -0.1) is 0 Å². The predicted octanol–water partition coefficient (Wildman–Crippen LogP) is 3.61. The molecule has 5 nitrogen and oxygen atoms in total. The number of hydrogen-bond donors (Lipinski definition) is 1. The van der Waals surface area contributed by atoms with Gasteiger partial charge in [-0.2, -0.15) is 0 Å². The maximum Gasteiger partial charge on any atom is 0.241 e. The second kappa shape index (κ2) is 7.72. The molecule has 138 valence electrons. The minimum Gasteiger partial charge on any atom is -0.325 e. The van der Waals surface area contributed by atoms with E-state index in [9.17, 15) is 9.18 Å². The lowest BCUT2D eigenvalue weighted by atomic mass is 10.1. The number of nitrogens with one attached hydrogen (secondary N) is 1. The number of aromatic nitrogens is 2. The molecule has 6 heteroatoms. The Bertz CT molecular complexity index is 911. The number of hydrogen-bond acceptors (Lipinski definition) is 3. The quantitative estimate of drug-likeness (QED) is 0.752. The van der Waals surface area contributed by atoms with Crippen molar-refractivity contribution in [2.45, 2.75) is 25.4 Å². The van der Waals surface area contributed by atoms with E-state index in [1.807, 2.05) is 18.2 Å². The summed E-state index contributed by atoms with van der Waals surface area (Å²) in [5.41, 5.74) is 2.05. The molecule has 1 saturated heterocycles. The topological polar surface area (TPSA) is 50.2 Å². The molecule has 0 radical (unpaired) electrons. The largest absolute Gasteiger partial charge is 0.325 e. The predicted molar refractivity (Wildman–Crippen MR) is 102 cm³/mol. The molecule has 1 amide bonds. The molecule has 4 rings (SSSR count). The molecule has 1 aliphatic heterocycles. The molecule has 1 atom stereocenters. The van der Waals surface area contributed by atoms with E-state index in [0.29, 0.717) is 11.4 Å². The number of halogens is 1. The van der Waals surface area contributed by atoms with Gasteiger partial charge in [-0.05, 0) is 43.1 Å². The van der Waals surface area contributed by atoms with E-state index in [-0.39, 0.29) is 11.9 Å². The van der Waals surface area contributed by atoms with Crippen LogP contribution in [0.2, 0.25) is 0 Å². The third-order valence-corrected chi connectivity index (χ3v) is 4.89. The summed E-state index contributed by atoms with van der Waals surface area (Å²) in [4.78, 5) is 18.9. The number of amides is 1. The second-order valence-corrected chi connectivity index (χ2v) is 6.74. The molecule has 0 aliphatic carbocycles. The molecule has 3 aromatic rings. The van der Waals surface area contributed by atoms with Gasteiger partial charge < -0.3 is 9.88 Å². The molecule has 0 spiro atoms. The fourth-order valence-corrected chi connectivity index (χ4v) is 3.55. The van der Waals surface area contributed by atoms with Crippen molar-refractivity contribution in [3.63, 3.8) is 0 Å². The van der Waals surface area contributed by atoms with Gasteiger partial charge in [0.15, 0.2) is 0 Å². The van der Waals surface area contributed by atoms with Gasteiger partial charge in [0.25, 0.3) is 0 Å². The molecule has 1 aromatic heterocycles. The first-order chi connectivity index (χ1) is 13.2. The summed E-state index contributed by atoms with van der Waals surface area (Å²) >= 11 is 0. The van der Waals surface area contributed by atoms with E-state index < -0.39 is 5.82 Å². The van der Waals surface area contributed by atoms with Crippen LogP contribution in [0, 0.1) is 5.82 Å². The van der Waals surface area contributed by atoms with E-state index in [2.05, 4.69) is 27.3 Å². The first-order valence-electron chi connectivity index (χ1n) is 9.07. The van der Waals surface area contributed by atoms with Gasteiger partial charge in [0.1, 0.15) is 5.82 Å². The molecule has 2 aromatic carbocycles. The van der Waals surface area contributed by atoms with Gasteiger partial charge in [0, 0.05) is 24.6 Å². The fraction of sp³-hybridized carbons (Fsp3) is 0.238. The van der Waals surface area contributed by atoms with E-state index in [1.165, 1.54) is 18.0 Å². The highest BCUT2D eigenvalue weighted by Crippen LogP contribution is 2.23. The third-order valence-electron chi connectivity index (χ3n) is 4.89. The van der Waals surface area contributed by atoms with Crippen molar-refractivity contribution in [3.8, 4) is 5.69 Å². The first-order valence-corrected chi connectivity index (χ1v) is 9.07. The highest BCUT2D eigenvalue weighted by Gasteiger charge is 2.30. The average molecular weight is 364 g/mol. The van der Waals surface area contributed by atoms with Crippen molar-refractivity contribution >= 4 is 11.6 Å². The van der Waals surface area contributed by atoms with Crippen molar-refractivity contribution in [3.05, 3.63) is 78.6 Å². The number of rotatable bonds is 5. The van der Waals surface area contributed by atoms with Crippen LogP contribution < -0.4 is 5.32 Å². The van der Waals surface area contributed by atoms with Gasteiger partial charge in [0.05, 0.1) is 18.1 Å². The normalized spacial score (nSPS) is 17.1. The summed E-state index contributed by atoms with van der Waals surface area (Å²) in [6.45, 7) is 1.63.